The van der Waals surface area contributed by atoms with Crippen LogP contribution in [-0.4, -0.2) is 5.91 Å². The Morgan fingerprint density at radius 3 is 2.94 bits per heavy atom. The first kappa shape index (κ1) is 11.6. The van der Waals surface area contributed by atoms with Crippen molar-refractivity contribution in [3.8, 4) is 0 Å². The molecule has 2 aromatic rings. The Kier molecular flexibility index (Phi) is 3.95. The number of amides is 1. The third-order valence-electron chi connectivity index (χ3n) is 2.12. The molecule has 82 valence electrons. The van der Waals surface area contributed by atoms with Crippen LogP contribution in [0.1, 0.15) is 15.9 Å². The second-order valence-corrected chi connectivity index (χ2v) is 4.84. The zero-order valence-electron chi connectivity index (χ0n) is 8.44. The van der Waals surface area contributed by atoms with Crippen molar-refractivity contribution >= 4 is 45.5 Å². The number of carbonyl (C=O) groups excluding carboxylic acids is 1. The van der Waals surface area contributed by atoms with Gasteiger partial charge in [-0.1, -0.05) is 34.7 Å². The van der Waals surface area contributed by atoms with Crippen LogP contribution in [0, 0.1) is 0 Å². The van der Waals surface area contributed by atoms with E-state index in [0.717, 1.165) is 10.1 Å². The van der Waals surface area contributed by atoms with Gasteiger partial charge in [0.1, 0.15) is 0 Å². The van der Waals surface area contributed by atoms with Gasteiger partial charge in [0.2, 0.25) is 0 Å². The molecule has 4 heteroatoms. The maximum Gasteiger partial charge on any atom is 0.256 e. The Balaban J connectivity index is 2.12. The standard InChI is InChI=1S/C12H10INOS/c13-7-9-2-1-3-11(6-9)14-12(15)10-4-5-16-8-10/h1-6,8H,7H2,(H,14,15). The molecule has 1 aromatic carbocycles. The van der Waals surface area contributed by atoms with Crippen LogP contribution >= 0.6 is 33.9 Å². The summed E-state index contributed by atoms with van der Waals surface area (Å²) in [5, 5.41) is 6.63. The van der Waals surface area contributed by atoms with E-state index in [4.69, 9.17) is 0 Å². The summed E-state index contributed by atoms with van der Waals surface area (Å²) >= 11 is 3.83. The highest BCUT2D eigenvalue weighted by Crippen LogP contribution is 2.15. The van der Waals surface area contributed by atoms with E-state index in [-0.39, 0.29) is 5.91 Å². The van der Waals surface area contributed by atoms with Gasteiger partial charge >= 0.3 is 0 Å². The van der Waals surface area contributed by atoms with Gasteiger partial charge in [-0.3, -0.25) is 4.79 Å². The zero-order valence-corrected chi connectivity index (χ0v) is 11.4. The number of benzene rings is 1. The first-order valence-electron chi connectivity index (χ1n) is 4.78. The molecular weight excluding hydrogens is 333 g/mol. The van der Waals surface area contributed by atoms with Crippen LogP contribution in [0.4, 0.5) is 5.69 Å². The molecular formula is C12H10INOS. The second-order valence-electron chi connectivity index (χ2n) is 3.30. The van der Waals surface area contributed by atoms with Crippen LogP contribution in [0.15, 0.2) is 41.1 Å². The lowest BCUT2D eigenvalue weighted by molar-refractivity contribution is 0.102. The topological polar surface area (TPSA) is 29.1 Å². The van der Waals surface area contributed by atoms with E-state index in [9.17, 15) is 4.79 Å². The lowest BCUT2D eigenvalue weighted by Gasteiger charge is -2.04. The molecule has 0 aliphatic heterocycles. The lowest BCUT2D eigenvalue weighted by Crippen LogP contribution is -2.10. The summed E-state index contributed by atoms with van der Waals surface area (Å²) in [6.07, 6.45) is 0. The average molecular weight is 343 g/mol. The van der Waals surface area contributed by atoms with Gasteiger partial charge in [-0.2, -0.15) is 11.3 Å². The minimum absolute atomic E-state index is 0.0492. The summed E-state index contributed by atoms with van der Waals surface area (Å²) in [4.78, 5) is 11.8. The van der Waals surface area contributed by atoms with E-state index < -0.39 is 0 Å². The molecule has 0 aliphatic rings. The molecule has 1 amide bonds. The molecule has 0 saturated heterocycles. The summed E-state index contributed by atoms with van der Waals surface area (Å²) in [7, 11) is 0. The van der Waals surface area contributed by atoms with E-state index in [1.54, 1.807) is 0 Å². The van der Waals surface area contributed by atoms with E-state index in [1.807, 2.05) is 41.1 Å². The van der Waals surface area contributed by atoms with Gasteiger partial charge in [0.15, 0.2) is 0 Å². The number of anilines is 1. The summed E-state index contributed by atoms with van der Waals surface area (Å²) in [6.45, 7) is 0. The first-order valence-corrected chi connectivity index (χ1v) is 7.25. The number of carbonyl (C=O) groups is 1. The molecule has 0 spiro atoms. The number of nitrogens with one attached hydrogen (secondary N) is 1. The average Bonchev–Trinajstić information content (AvgIpc) is 2.83. The van der Waals surface area contributed by atoms with Crippen molar-refractivity contribution in [1.82, 2.24) is 0 Å². The molecule has 0 fully saturated rings. The normalized spacial score (nSPS) is 10.1. The van der Waals surface area contributed by atoms with Crippen LogP contribution in [0.2, 0.25) is 0 Å². The number of hydrogen-bond acceptors (Lipinski definition) is 2. The minimum atomic E-state index is -0.0492. The number of alkyl halides is 1. The Morgan fingerprint density at radius 2 is 2.25 bits per heavy atom. The highest BCUT2D eigenvalue weighted by atomic mass is 127. The van der Waals surface area contributed by atoms with Gasteiger partial charge in [-0.05, 0) is 29.1 Å². The first-order chi connectivity index (χ1) is 7.79. The third kappa shape index (κ3) is 2.82. The molecule has 2 rings (SSSR count). The van der Waals surface area contributed by atoms with Crippen molar-refractivity contribution in [3.05, 3.63) is 52.2 Å². The SMILES string of the molecule is O=C(Nc1cccc(CI)c1)c1ccsc1. The van der Waals surface area contributed by atoms with Gasteiger partial charge < -0.3 is 5.32 Å². The minimum Gasteiger partial charge on any atom is -0.322 e. The molecule has 16 heavy (non-hydrogen) atoms. The highest BCUT2D eigenvalue weighted by molar-refractivity contribution is 14.1. The van der Waals surface area contributed by atoms with Crippen LogP contribution in [0.5, 0.6) is 0 Å². The molecule has 1 heterocycles. The fourth-order valence-electron chi connectivity index (χ4n) is 1.33. The molecule has 1 N–H and O–H groups in total. The second kappa shape index (κ2) is 5.45. The van der Waals surface area contributed by atoms with Crippen molar-refractivity contribution in [2.24, 2.45) is 0 Å². The molecule has 2 nitrogen and oxygen atoms in total. The summed E-state index contributed by atoms with van der Waals surface area (Å²) in [5.41, 5.74) is 2.78. The van der Waals surface area contributed by atoms with Crippen LogP contribution < -0.4 is 5.32 Å². The largest absolute Gasteiger partial charge is 0.322 e. The monoisotopic (exact) mass is 343 g/mol. The molecule has 0 radical (unpaired) electrons. The Morgan fingerprint density at radius 1 is 1.38 bits per heavy atom. The van der Waals surface area contributed by atoms with E-state index in [0.29, 0.717) is 5.56 Å². The molecule has 0 unspecified atom stereocenters. The van der Waals surface area contributed by atoms with Crippen molar-refractivity contribution in [2.75, 3.05) is 5.32 Å². The summed E-state index contributed by atoms with van der Waals surface area (Å²) in [5.74, 6) is -0.0492. The van der Waals surface area contributed by atoms with Crippen LogP contribution in [0.25, 0.3) is 0 Å². The molecule has 0 bridgehead atoms. The van der Waals surface area contributed by atoms with E-state index >= 15 is 0 Å². The quantitative estimate of drug-likeness (QED) is 0.664. The fourth-order valence-corrected chi connectivity index (χ4v) is 2.44. The zero-order chi connectivity index (χ0) is 11.4. The molecule has 0 atom stereocenters. The van der Waals surface area contributed by atoms with Gasteiger partial charge in [-0.25, -0.2) is 0 Å². The van der Waals surface area contributed by atoms with Crippen LogP contribution in [0.3, 0.4) is 0 Å². The molecule has 1 aromatic heterocycles. The van der Waals surface area contributed by atoms with Crippen LogP contribution in [-0.2, 0) is 4.43 Å². The summed E-state index contributed by atoms with van der Waals surface area (Å²) < 4.78 is 0.944. The van der Waals surface area contributed by atoms with E-state index in [2.05, 4.69) is 27.9 Å². The molecule has 0 aliphatic carbocycles. The Bertz CT molecular complexity index is 482. The lowest BCUT2D eigenvalue weighted by atomic mass is 10.2. The highest BCUT2D eigenvalue weighted by Gasteiger charge is 2.05. The Labute approximate surface area is 112 Å². The number of hydrogen-bond donors (Lipinski definition) is 1. The van der Waals surface area contributed by atoms with Crippen molar-refractivity contribution in [2.45, 2.75) is 4.43 Å². The maximum absolute atomic E-state index is 11.8. The fraction of sp³-hybridized carbons (Fsp3) is 0.0833. The smallest absolute Gasteiger partial charge is 0.256 e. The van der Waals surface area contributed by atoms with Gasteiger partial charge in [0.05, 0.1) is 5.56 Å². The Hall–Kier alpha value is -0.880. The van der Waals surface area contributed by atoms with Crippen molar-refractivity contribution in [1.29, 1.82) is 0 Å². The maximum atomic E-state index is 11.8. The van der Waals surface area contributed by atoms with Crippen molar-refractivity contribution in [3.63, 3.8) is 0 Å². The van der Waals surface area contributed by atoms with Gasteiger partial charge in [0.25, 0.3) is 5.91 Å². The number of rotatable bonds is 3. The summed E-state index contributed by atoms with van der Waals surface area (Å²) in [6, 6.07) is 9.73. The van der Waals surface area contributed by atoms with Gasteiger partial charge in [-0.15, -0.1) is 0 Å². The van der Waals surface area contributed by atoms with Crippen molar-refractivity contribution < 1.29 is 4.79 Å². The third-order valence-corrected chi connectivity index (χ3v) is 3.69. The van der Waals surface area contributed by atoms with E-state index in [1.165, 1.54) is 16.9 Å². The predicted molar refractivity (Wildman–Crippen MR) is 76.4 cm³/mol. The number of halogens is 1. The predicted octanol–water partition coefficient (Wildman–Crippen LogP) is 3.94. The molecule has 0 saturated carbocycles. The number of thiophene rings is 1. The van der Waals surface area contributed by atoms with Gasteiger partial charge in [0, 0.05) is 15.5 Å².